The molecule has 2 aliphatic rings. The second kappa shape index (κ2) is 8.08. The number of carbonyl (C=O) groups excluding carboxylic acids is 2. The zero-order chi connectivity index (χ0) is 20.4. The van der Waals surface area contributed by atoms with E-state index in [0.717, 1.165) is 43.0 Å². The van der Waals surface area contributed by atoms with Gasteiger partial charge in [0, 0.05) is 37.4 Å². The Hall–Kier alpha value is -3.13. The van der Waals surface area contributed by atoms with E-state index in [1.54, 1.807) is 18.3 Å². The van der Waals surface area contributed by atoms with Crippen molar-refractivity contribution >= 4 is 35.0 Å². The lowest BCUT2D eigenvalue weighted by molar-refractivity contribution is -0.110. The van der Waals surface area contributed by atoms with Gasteiger partial charge in [-0.15, -0.1) is 0 Å². The van der Waals surface area contributed by atoms with Crippen molar-refractivity contribution in [3.63, 3.8) is 0 Å². The number of aromatic amines is 1. The first-order valence-corrected chi connectivity index (χ1v) is 9.97. The van der Waals surface area contributed by atoms with Crippen LogP contribution in [0.4, 0.5) is 11.5 Å². The van der Waals surface area contributed by atoms with Gasteiger partial charge in [-0.2, -0.15) is 0 Å². The van der Waals surface area contributed by atoms with Gasteiger partial charge < -0.3 is 25.8 Å². The second-order valence-electron chi connectivity index (χ2n) is 7.43. The highest BCUT2D eigenvalue weighted by molar-refractivity contribution is 6.35. The number of nitrogens with zero attached hydrogens (tertiary/aromatic N) is 2. The molecule has 4 heterocycles. The van der Waals surface area contributed by atoms with E-state index < -0.39 is 0 Å². The number of H-pyrrole nitrogens is 1. The lowest BCUT2D eigenvalue weighted by Gasteiger charge is -2.16. The number of nitrogens with one attached hydrogen (secondary N) is 4. The van der Waals surface area contributed by atoms with Gasteiger partial charge in [0.1, 0.15) is 5.82 Å². The normalized spacial score (nSPS) is 17.0. The molecule has 0 spiro atoms. The average Bonchev–Trinajstić information content (AvgIpc) is 3.42. The lowest BCUT2D eigenvalue weighted by Crippen LogP contribution is -2.30. The van der Waals surface area contributed by atoms with Gasteiger partial charge >= 0.3 is 0 Å². The Bertz CT molecular complexity index is 972. The van der Waals surface area contributed by atoms with Gasteiger partial charge in [0.15, 0.2) is 0 Å². The predicted molar refractivity (Wildman–Crippen MR) is 114 cm³/mol. The van der Waals surface area contributed by atoms with E-state index in [1.165, 1.54) is 0 Å². The summed E-state index contributed by atoms with van der Waals surface area (Å²) in [7, 11) is 1.84. The van der Waals surface area contributed by atoms with Crippen LogP contribution < -0.4 is 20.9 Å². The minimum absolute atomic E-state index is 0.164. The number of anilines is 2. The van der Waals surface area contributed by atoms with Crippen LogP contribution in [0.1, 0.15) is 40.2 Å². The maximum Gasteiger partial charge on any atom is 0.256 e. The number of pyridine rings is 1. The standard InChI is InChI=1S/C21H26N6O2/c1-13-9-16(20(28)23-6-5-22-2)17(25-13)10-15-14-11-19(27-7-3-4-8-27)24-12-18(14)26-21(15)29/h9-12,22,25H,3-8H2,1-2H3,(H,23,28)(H,26,29)/b15-10-. The Balaban J connectivity index is 1.67. The van der Waals surface area contributed by atoms with Crippen LogP contribution in [0.2, 0.25) is 0 Å². The summed E-state index contributed by atoms with van der Waals surface area (Å²) in [4.78, 5) is 35.1. The first-order valence-electron chi connectivity index (χ1n) is 9.97. The topological polar surface area (TPSA) is 102 Å². The van der Waals surface area contributed by atoms with Crippen LogP contribution in [0.5, 0.6) is 0 Å². The fourth-order valence-electron chi connectivity index (χ4n) is 3.79. The Morgan fingerprint density at radius 2 is 2.07 bits per heavy atom. The molecule has 152 valence electrons. The van der Waals surface area contributed by atoms with E-state index in [9.17, 15) is 9.59 Å². The fourth-order valence-corrected chi connectivity index (χ4v) is 3.79. The van der Waals surface area contributed by atoms with Gasteiger partial charge in [-0.3, -0.25) is 9.59 Å². The summed E-state index contributed by atoms with van der Waals surface area (Å²) in [6, 6.07) is 3.77. The molecule has 0 unspecified atom stereocenters. The Labute approximate surface area is 169 Å². The van der Waals surface area contributed by atoms with Crippen molar-refractivity contribution in [2.45, 2.75) is 19.8 Å². The van der Waals surface area contributed by atoms with Gasteiger partial charge in [0.25, 0.3) is 11.8 Å². The number of hydrogen-bond donors (Lipinski definition) is 4. The van der Waals surface area contributed by atoms with Crippen LogP contribution in [0.25, 0.3) is 11.6 Å². The van der Waals surface area contributed by atoms with Crippen molar-refractivity contribution in [2.24, 2.45) is 0 Å². The third-order valence-corrected chi connectivity index (χ3v) is 5.28. The molecule has 1 fully saturated rings. The summed E-state index contributed by atoms with van der Waals surface area (Å²) in [6.07, 6.45) is 5.79. The number of fused-ring (bicyclic) bond motifs is 1. The first-order chi connectivity index (χ1) is 14.1. The van der Waals surface area contributed by atoms with Crippen molar-refractivity contribution in [3.05, 3.63) is 40.8 Å². The Kier molecular flexibility index (Phi) is 5.35. The van der Waals surface area contributed by atoms with Gasteiger partial charge in [0.2, 0.25) is 0 Å². The minimum atomic E-state index is -0.186. The van der Waals surface area contributed by atoms with Crippen molar-refractivity contribution in [1.82, 2.24) is 20.6 Å². The summed E-state index contributed by atoms with van der Waals surface area (Å²) < 4.78 is 0. The molecule has 2 aromatic heterocycles. The highest BCUT2D eigenvalue weighted by Gasteiger charge is 2.27. The molecule has 8 heteroatoms. The monoisotopic (exact) mass is 394 g/mol. The quantitative estimate of drug-likeness (QED) is 0.442. The molecule has 0 radical (unpaired) electrons. The maximum absolute atomic E-state index is 12.6. The van der Waals surface area contributed by atoms with Gasteiger partial charge in [-0.25, -0.2) is 4.98 Å². The lowest BCUT2D eigenvalue weighted by atomic mass is 10.1. The summed E-state index contributed by atoms with van der Waals surface area (Å²) in [5.41, 5.74) is 4.08. The Morgan fingerprint density at radius 1 is 1.28 bits per heavy atom. The largest absolute Gasteiger partial charge is 0.358 e. The number of hydrogen-bond acceptors (Lipinski definition) is 5. The molecule has 0 aliphatic carbocycles. The van der Waals surface area contributed by atoms with Crippen molar-refractivity contribution in [2.75, 3.05) is 43.4 Å². The summed E-state index contributed by atoms with van der Waals surface area (Å²) in [5, 5.41) is 8.76. The van der Waals surface area contributed by atoms with E-state index >= 15 is 0 Å². The van der Waals surface area contributed by atoms with E-state index in [0.29, 0.717) is 35.6 Å². The second-order valence-corrected chi connectivity index (χ2v) is 7.43. The maximum atomic E-state index is 12.6. The Morgan fingerprint density at radius 3 is 2.83 bits per heavy atom. The highest BCUT2D eigenvalue weighted by atomic mass is 16.2. The van der Waals surface area contributed by atoms with Crippen LogP contribution >= 0.6 is 0 Å². The number of rotatable bonds is 6. The SMILES string of the molecule is CNCCNC(=O)c1cc(C)[nH]c1/C=C1\C(=O)Nc2cnc(N3CCCC3)cc21. The highest BCUT2D eigenvalue weighted by Crippen LogP contribution is 2.35. The van der Waals surface area contributed by atoms with Crippen molar-refractivity contribution < 1.29 is 9.59 Å². The molecule has 8 nitrogen and oxygen atoms in total. The predicted octanol–water partition coefficient (Wildman–Crippen LogP) is 1.76. The van der Waals surface area contributed by atoms with Crippen LogP contribution in [-0.2, 0) is 4.79 Å². The molecule has 0 aromatic carbocycles. The van der Waals surface area contributed by atoms with Gasteiger partial charge in [0.05, 0.1) is 28.7 Å². The summed E-state index contributed by atoms with van der Waals surface area (Å²) in [5.74, 6) is 0.535. The first kappa shape index (κ1) is 19.2. The minimum Gasteiger partial charge on any atom is -0.358 e. The molecule has 2 aromatic rings. The number of likely N-dealkylation sites (N-methyl/N-ethyl adjacent to an activating group) is 1. The van der Waals surface area contributed by atoms with Crippen LogP contribution in [0, 0.1) is 6.92 Å². The molecular formula is C21H26N6O2. The molecular weight excluding hydrogens is 368 g/mol. The van der Waals surface area contributed by atoms with E-state index in [1.807, 2.05) is 20.0 Å². The molecule has 29 heavy (non-hydrogen) atoms. The number of carbonyl (C=O) groups is 2. The van der Waals surface area contributed by atoms with E-state index in [2.05, 4.69) is 30.8 Å². The van der Waals surface area contributed by atoms with Crippen LogP contribution in [-0.4, -0.2) is 55.0 Å². The molecule has 4 N–H and O–H groups in total. The molecule has 0 atom stereocenters. The van der Waals surface area contributed by atoms with Crippen LogP contribution in [0.3, 0.4) is 0 Å². The molecule has 0 saturated carbocycles. The van der Waals surface area contributed by atoms with Crippen LogP contribution in [0.15, 0.2) is 18.3 Å². The average molecular weight is 394 g/mol. The fraction of sp³-hybridized carbons (Fsp3) is 0.381. The van der Waals surface area contributed by atoms with Gasteiger partial charge in [-0.05, 0) is 45.0 Å². The number of amides is 2. The summed E-state index contributed by atoms with van der Waals surface area (Å²) in [6.45, 7) is 5.08. The number of aromatic nitrogens is 2. The smallest absolute Gasteiger partial charge is 0.256 e. The number of aryl methyl sites for hydroxylation is 1. The molecule has 0 bridgehead atoms. The molecule has 2 aliphatic heterocycles. The zero-order valence-electron chi connectivity index (χ0n) is 16.8. The molecule has 4 rings (SSSR count). The van der Waals surface area contributed by atoms with Crippen molar-refractivity contribution in [1.29, 1.82) is 0 Å². The zero-order valence-corrected chi connectivity index (χ0v) is 16.8. The van der Waals surface area contributed by atoms with Crippen molar-refractivity contribution in [3.8, 4) is 0 Å². The third-order valence-electron chi connectivity index (χ3n) is 5.28. The molecule has 2 amide bonds. The third kappa shape index (κ3) is 3.88. The summed E-state index contributed by atoms with van der Waals surface area (Å²) >= 11 is 0. The van der Waals surface area contributed by atoms with E-state index in [-0.39, 0.29) is 11.8 Å². The van der Waals surface area contributed by atoms with Gasteiger partial charge in [-0.1, -0.05) is 0 Å². The molecule has 1 saturated heterocycles. The van der Waals surface area contributed by atoms with E-state index in [4.69, 9.17) is 0 Å².